The maximum Gasteiger partial charge on any atom is 0.0710 e. The molecule has 2 saturated heterocycles. The van der Waals surface area contributed by atoms with Gasteiger partial charge in [-0.3, -0.25) is 0 Å². The molecule has 2 atom stereocenters. The third kappa shape index (κ3) is 2.01. The third-order valence-corrected chi connectivity index (χ3v) is 5.00. The Morgan fingerprint density at radius 3 is 2.88 bits per heavy atom. The zero-order valence-electron chi connectivity index (χ0n) is 10.4. The minimum atomic E-state index is 0.503. The average Bonchev–Trinajstić information content (AvgIpc) is 2.78. The number of hydrogen-bond donors (Lipinski definition) is 1. The maximum atomic E-state index is 5.43. The van der Waals surface area contributed by atoms with E-state index in [4.69, 9.17) is 4.74 Å². The monoisotopic (exact) mass is 224 g/mol. The Labute approximate surface area is 98.5 Å². The number of nitrogens with one attached hydrogen (secondary N) is 1. The van der Waals surface area contributed by atoms with Gasteiger partial charge in [-0.25, -0.2) is 0 Å². The number of rotatable bonds is 3. The van der Waals surface area contributed by atoms with Gasteiger partial charge in [-0.15, -0.1) is 0 Å². The minimum absolute atomic E-state index is 0.503. The lowest BCUT2D eigenvalue weighted by Gasteiger charge is -2.25. The molecule has 0 radical (unpaired) electrons. The molecule has 0 aromatic heterocycles. The summed E-state index contributed by atoms with van der Waals surface area (Å²) in [5.41, 5.74) is 0.746. The van der Waals surface area contributed by atoms with E-state index in [1.54, 1.807) is 0 Å². The summed E-state index contributed by atoms with van der Waals surface area (Å²) in [6.45, 7) is 6.25. The predicted molar refractivity (Wildman–Crippen MR) is 64.5 cm³/mol. The van der Waals surface area contributed by atoms with E-state index in [1.807, 2.05) is 7.11 Å². The molecule has 0 bridgehead atoms. The van der Waals surface area contributed by atoms with Gasteiger partial charge in [0.25, 0.3) is 0 Å². The summed E-state index contributed by atoms with van der Waals surface area (Å²) < 4.78 is 5.43. The van der Waals surface area contributed by atoms with E-state index >= 15 is 0 Å². The Morgan fingerprint density at radius 1 is 1.38 bits per heavy atom. The van der Waals surface area contributed by atoms with Gasteiger partial charge in [0.05, 0.1) is 6.10 Å². The lowest BCUT2D eigenvalue weighted by molar-refractivity contribution is 0.106. The quantitative estimate of drug-likeness (QED) is 0.777. The first-order valence-electron chi connectivity index (χ1n) is 6.78. The zero-order valence-corrected chi connectivity index (χ0v) is 10.4. The normalized spacial score (nSPS) is 38.1. The van der Waals surface area contributed by atoms with Crippen LogP contribution in [0.4, 0.5) is 0 Å². The molecule has 0 aromatic rings. The Hall–Kier alpha value is -0.120. The molecule has 3 nitrogen and oxygen atoms in total. The SMILES string of the molecule is COC1CCN(CC2CC23CCNCC3)C1. The molecule has 1 saturated carbocycles. The molecule has 1 N–H and O–H groups in total. The molecule has 3 fully saturated rings. The molecule has 2 unspecified atom stereocenters. The lowest BCUT2D eigenvalue weighted by atomic mass is 9.92. The summed E-state index contributed by atoms with van der Waals surface area (Å²) in [5, 5.41) is 3.48. The van der Waals surface area contributed by atoms with Crippen molar-refractivity contribution in [2.45, 2.75) is 31.8 Å². The maximum absolute atomic E-state index is 5.43. The Bertz CT molecular complexity index is 250. The van der Waals surface area contributed by atoms with Gasteiger partial charge in [-0.05, 0) is 50.1 Å². The fourth-order valence-electron chi connectivity index (χ4n) is 3.69. The highest BCUT2D eigenvalue weighted by Crippen LogP contribution is 2.58. The van der Waals surface area contributed by atoms with Crippen LogP contribution >= 0.6 is 0 Å². The van der Waals surface area contributed by atoms with Gasteiger partial charge in [-0.2, -0.15) is 0 Å². The van der Waals surface area contributed by atoms with Gasteiger partial charge in [0.1, 0.15) is 0 Å². The number of piperidine rings is 1. The fraction of sp³-hybridized carbons (Fsp3) is 1.00. The van der Waals surface area contributed by atoms with E-state index < -0.39 is 0 Å². The van der Waals surface area contributed by atoms with E-state index in [-0.39, 0.29) is 0 Å². The second-order valence-electron chi connectivity index (χ2n) is 5.92. The highest BCUT2D eigenvalue weighted by Gasteiger charge is 2.54. The van der Waals surface area contributed by atoms with Gasteiger partial charge in [-0.1, -0.05) is 0 Å². The van der Waals surface area contributed by atoms with Crippen LogP contribution in [0.3, 0.4) is 0 Å². The number of ether oxygens (including phenoxy) is 1. The molecular weight excluding hydrogens is 200 g/mol. The summed E-state index contributed by atoms with van der Waals surface area (Å²) in [4.78, 5) is 2.62. The van der Waals surface area contributed by atoms with E-state index in [1.165, 1.54) is 58.4 Å². The van der Waals surface area contributed by atoms with Crippen LogP contribution in [-0.2, 0) is 4.74 Å². The highest BCUT2D eigenvalue weighted by atomic mass is 16.5. The molecule has 0 amide bonds. The van der Waals surface area contributed by atoms with E-state index in [0.717, 1.165) is 11.3 Å². The molecule has 0 aromatic carbocycles. The van der Waals surface area contributed by atoms with Crippen LogP contribution < -0.4 is 5.32 Å². The molecule has 3 heteroatoms. The van der Waals surface area contributed by atoms with Crippen molar-refractivity contribution in [1.82, 2.24) is 10.2 Å². The van der Waals surface area contributed by atoms with E-state index in [0.29, 0.717) is 6.10 Å². The molecule has 3 aliphatic rings. The largest absolute Gasteiger partial charge is 0.380 e. The first-order valence-corrected chi connectivity index (χ1v) is 6.78. The Morgan fingerprint density at radius 2 is 2.19 bits per heavy atom. The van der Waals surface area contributed by atoms with Gasteiger partial charge >= 0.3 is 0 Å². The number of methoxy groups -OCH3 is 1. The van der Waals surface area contributed by atoms with Crippen molar-refractivity contribution in [2.24, 2.45) is 11.3 Å². The van der Waals surface area contributed by atoms with Gasteiger partial charge in [0, 0.05) is 26.7 Å². The third-order valence-electron chi connectivity index (χ3n) is 5.00. The van der Waals surface area contributed by atoms with Crippen molar-refractivity contribution in [3.8, 4) is 0 Å². The zero-order chi connectivity index (χ0) is 11.0. The van der Waals surface area contributed by atoms with Crippen LogP contribution in [-0.4, -0.2) is 50.8 Å². The molecule has 2 aliphatic heterocycles. The molecule has 92 valence electrons. The standard InChI is InChI=1S/C13H24N2O/c1-16-12-2-7-15(10-12)9-11-8-13(11)3-5-14-6-4-13/h11-12,14H,2-10H2,1H3. The van der Waals surface area contributed by atoms with Crippen molar-refractivity contribution in [3.05, 3.63) is 0 Å². The van der Waals surface area contributed by atoms with Crippen LogP contribution in [0.25, 0.3) is 0 Å². The molecule has 16 heavy (non-hydrogen) atoms. The number of likely N-dealkylation sites (tertiary alicyclic amines) is 1. The summed E-state index contributed by atoms with van der Waals surface area (Å²) in [6, 6.07) is 0. The smallest absolute Gasteiger partial charge is 0.0710 e. The Balaban J connectivity index is 1.47. The predicted octanol–water partition coefficient (Wildman–Crippen LogP) is 1.10. The number of nitrogens with zero attached hydrogens (tertiary/aromatic N) is 1. The molecule has 1 spiro atoms. The van der Waals surface area contributed by atoms with Crippen LogP contribution in [0.5, 0.6) is 0 Å². The minimum Gasteiger partial charge on any atom is -0.380 e. The number of hydrogen-bond acceptors (Lipinski definition) is 3. The van der Waals surface area contributed by atoms with E-state index in [2.05, 4.69) is 10.2 Å². The highest BCUT2D eigenvalue weighted by molar-refractivity contribution is 5.05. The van der Waals surface area contributed by atoms with Crippen LogP contribution in [0, 0.1) is 11.3 Å². The van der Waals surface area contributed by atoms with Crippen molar-refractivity contribution in [1.29, 1.82) is 0 Å². The first kappa shape index (κ1) is 11.0. The summed E-state index contributed by atoms with van der Waals surface area (Å²) in [6.07, 6.45) is 6.06. The summed E-state index contributed by atoms with van der Waals surface area (Å²) >= 11 is 0. The second kappa shape index (κ2) is 4.28. The lowest BCUT2D eigenvalue weighted by Crippen LogP contribution is -2.32. The van der Waals surface area contributed by atoms with Gasteiger partial charge in [0.2, 0.25) is 0 Å². The average molecular weight is 224 g/mol. The van der Waals surface area contributed by atoms with Gasteiger partial charge in [0.15, 0.2) is 0 Å². The molecule has 3 rings (SSSR count). The van der Waals surface area contributed by atoms with Gasteiger partial charge < -0.3 is 15.0 Å². The van der Waals surface area contributed by atoms with E-state index in [9.17, 15) is 0 Å². The van der Waals surface area contributed by atoms with Crippen LogP contribution in [0.15, 0.2) is 0 Å². The van der Waals surface area contributed by atoms with Crippen LogP contribution in [0.2, 0.25) is 0 Å². The van der Waals surface area contributed by atoms with Crippen molar-refractivity contribution < 1.29 is 4.74 Å². The van der Waals surface area contributed by atoms with Crippen LogP contribution in [0.1, 0.15) is 25.7 Å². The van der Waals surface area contributed by atoms with Crippen molar-refractivity contribution in [3.63, 3.8) is 0 Å². The first-order chi connectivity index (χ1) is 7.82. The van der Waals surface area contributed by atoms with Crippen molar-refractivity contribution >= 4 is 0 Å². The Kier molecular flexibility index (Phi) is 2.94. The fourth-order valence-corrected chi connectivity index (χ4v) is 3.69. The van der Waals surface area contributed by atoms with Crippen molar-refractivity contribution in [2.75, 3.05) is 39.8 Å². The summed E-state index contributed by atoms with van der Waals surface area (Å²) in [7, 11) is 1.85. The molecule has 1 aliphatic carbocycles. The second-order valence-corrected chi connectivity index (χ2v) is 5.92. The summed E-state index contributed by atoms with van der Waals surface area (Å²) in [5.74, 6) is 0.991. The molecular formula is C13H24N2O. The molecule has 2 heterocycles. The topological polar surface area (TPSA) is 24.5 Å².